The Morgan fingerprint density at radius 3 is 2.29 bits per heavy atom. The Labute approximate surface area is 188 Å². The van der Waals surface area contributed by atoms with Crippen molar-refractivity contribution in [2.75, 3.05) is 4.72 Å². The molecule has 0 saturated heterocycles. The van der Waals surface area contributed by atoms with Crippen LogP contribution in [0.2, 0.25) is 0 Å². The van der Waals surface area contributed by atoms with Crippen molar-refractivity contribution in [2.24, 2.45) is 5.41 Å². The van der Waals surface area contributed by atoms with E-state index in [9.17, 15) is 13.2 Å². The van der Waals surface area contributed by atoms with Crippen molar-refractivity contribution in [3.8, 4) is 11.3 Å². The van der Waals surface area contributed by atoms with Crippen molar-refractivity contribution < 1.29 is 13.2 Å². The van der Waals surface area contributed by atoms with E-state index in [2.05, 4.69) is 10.0 Å². The third-order valence-corrected chi connectivity index (χ3v) is 6.28. The molecule has 1 heterocycles. The van der Waals surface area contributed by atoms with Gasteiger partial charge in [-0.25, -0.2) is 13.4 Å². The van der Waals surface area contributed by atoms with Crippen molar-refractivity contribution in [2.45, 2.75) is 40.2 Å². The number of aromatic nitrogens is 1. The van der Waals surface area contributed by atoms with Gasteiger partial charge in [0.15, 0.2) is 0 Å². The lowest BCUT2D eigenvalue weighted by Crippen LogP contribution is -2.38. The fraction of sp³-hybridized carbons (Fsp3) is 0.304. The summed E-state index contributed by atoms with van der Waals surface area (Å²) in [5, 5.41) is 4.00. The highest BCUT2D eigenvalue weighted by Gasteiger charge is 2.27. The van der Waals surface area contributed by atoms with E-state index >= 15 is 0 Å². The predicted molar refractivity (Wildman–Crippen MR) is 127 cm³/mol. The first-order valence-corrected chi connectivity index (χ1v) is 12.0. The minimum absolute atomic E-state index is 0.0479. The number of nitrogens with one attached hydrogen (secondary N) is 2. The molecule has 0 aliphatic rings. The van der Waals surface area contributed by atoms with Crippen molar-refractivity contribution in [3.05, 3.63) is 70.0 Å². The number of carbonyl (C=O) groups is 1. The third-order valence-electron chi connectivity index (χ3n) is 4.76. The van der Waals surface area contributed by atoms with E-state index in [-0.39, 0.29) is 11.9 Å². The van der Waals surface area contributed by atoms with Gasteiger partial charge in [0.1, 0.15) is 5.01 Å². The van der Waals surface area contributed by atoms with E-state index in [0.29, 0.717) is 12.1 Å². The zero-order valence-electron chi connectivity index (χ0n) is 18.0. The lowest BCUT2D eigenvalue weighted by atomic mass is 9.94. The molecule has 1 unspecified atom stereocenters. The van der Waals surface area contributed by atoms with E-state index in [0.717, 1.165) is 26.7 Å². The molecular weight excluding hydrogens is 430 g/mol. The van der Waals surface area contributed by atoms with E-state index in [1.807, 2.05) is 70.2 Å². The fourth-order valence-electron chi connectivity index (χ4n) is 3.06. The van der Waals surface area contributed by atoms with Crippen LogP contribution in [0.5, 0.6) is 0 Å². The highest BCUT2D eigenvalue weighted by Crippen LogP contribution is 2.32. The first-order valence-electron chi connectivity index (χ1n) is 9.97. The molecule has 0 saturated carbocycles. The summed E-state index contributed by atoms with van der Waals surface area (Å²) in [6.45, 7) is 7.68. The van der Waals surface area contributed by atoms with Gasteiger partial charge in [-0.05, 0) is 31.0 Å². The molecule has 0 radical (unpaired) electrons. The number of rotatable bonds is 7. The number of thiazole rings is 1. The maximum atomic E-state index is 12.8. The standard InChI is InChI=1S/C23H27N3O3S2/c1-15-20(17-8-6-5-7-9-17)25-21(30-15)19(24-22(27)23(2,3)4)14-16-10-12-18(13-11-16)26-31(28)29/h5-13,19,31H,14H2,1-4H3,(H,24,27)(H,26,28,29). The van der Waals surface area contributed by atoms with Crippen LogP contribution in [0.15, 0.2) is 54.6 Å². The Hall–Kier alpha value is -2.71. The van der Waals surface area contributed by atoms with Gasteiger partial charge in [0.25, 0.3) is 0 Å². The van der Waals surface area contributed by atoms with Crippen LogP contribution >= 0.6 is 11.3 Å². The summed E-state index contributed by atoms with van der Waals surface area (Å²) >= 11 is 1.58. The van der Waals surface area contributed by atoms with Gasteiger partial charge in [-0.1, -0.05) is 63.2 Å². The molecule has 1 atom stereocenters. The zero-order valence-corrected chi connectivity index (χ0v) is 19.7. The van der Waals surface area contributed by atoms with Gasteiger partial charge in [-0.3, -0.25) is 9.52 Å². The van der Waals surface area contributed by atoms with Crippen LogP contribution in [0, 0.1) is 12.3 Å². The fourth-order valence-corrected chi connectivity index (χ4v) is 4.42. The lowest BCUT2D eigenvalue weighted by Gasteiger charge is -2.23. The largest absolute Gasteiger partial charge is 0.346 e. The normalized spacial score (nSPS) is 12.5. The molecular formula is C23H27N3O3S2. The zero-order chi connectivity index (χ0) is 22.6. The average molecular weight is 458 g/mol. The van der Waals surface area contributed by atoms with E-state index in [4.69, 9.17) is 4.98 Å². The number of aryl methyl sites for hydroxylation is 1. The highest BCUT2D eigenvalue weighted by molar-refractivity contribution is 7.73. The van der Waals surface area contributed by atoms with Gasteiger partial charge in [0, 0.05) is 21.5 Å². The molecule has 0 aliphatic heterocycles. The van der Waals surface area contributed by atoms with Crippen LogP contribution in [-0.2, 0) is 22.1 Å². The second kappa shape index (κ2) is 9.62. The summed E-state index contributed by atoms with van der Waals surface area (Å²) in [7, 11) is -2.70. The predicted octanol–water partition coefficient (Wildman–Crippen LogP) is 4.50. The quantitative estimate of drug-likeness (QED) is 0.456. The second-order valence-electron chi connectivity index (χ2n) is 8.37. The maximum absolute atomic E-state index is 12.8. The summed E-state index contributed by atoms with van der Waals surface area (Å²) in [6.07, 6.45) is 0.548. The number of thiol groups is 1. The molecule has 3 aromatic rings. The Morgan fingerprint density at radius 1 is 1.06 bits per heavy atom. The average Bonchev–Trinajstić information content (AvgIpc) is 3.10. The molecule has 1 aromatic heterocycles. The van der Waals surface area contributed by atoms with Gasteiger partial charge in [-0.15, -0.1) is 11.3 Å². The van der Waals surface area contributed by atoms with Crippen LogP contribution in [0.25, 0.3) is 11.3 Å². The van der Waals surface area contributed by atoms with Crippen molar-refractivity contribution in [3.63, 3.8) is 0 Å². The van der Waals surface area contributed by atoms with Crippen molar-refractivity contribution >= 4 is 33.8 Å². The Bertz CT molecular complexity index is 1110. The van der Waals surface area contributed by atoms with Gasteiger partial charge in [0.2, 0.25) is 16.8 Å². The minimum atomic E-state index is -2.70. The SMILES string of the molecule is Cc1sc(C(Cc2ccc(N[SH](=O)=O)cc2)NC(=O)C(C)(C)C)nc1-c1ccccc1. The van der Waals surface area contributed by atoms with Gasteiger partial charge < -0.3 is 5.32 Å². The number of hydrogen-bond donors (Lipinski definition) is 3. The third kappa shape index (κ3) is 6.15. The molecule has 0 bridgehead atoms. The molecule has 1 amide bonds. The van der Waals surface area contributed by atoms with Crippen molar-refractivity contribution in [1.82, 2.24) is 10.3 Å². The number of carbonyl (C=O) groups excluding carboxylic acids is 1. The molecule has 2 N–H and O–H groups in total. The second-order valence-corrected chi connectivity index (χ2v) is 10.3. The van der Waals surface area contributed by atoms with Crippen LogP contribution in [-0.4, -0.2) is 19.3 Å². The molecule has 2 aromatic carbocycles. The number of anilines is 1. The Balaban J connectivity index is 1.91. The molecule has 6 nitrogen and oxygen atoms in total. The highest BCUT2D eigenvalue weighted by atomic mass is 32.2. The van der Waals surface area contributed by atoms with Gasteiger partial charge in [0.05, 0.1) is 11.7 Å². The smallest absolute Gasteiger partial charge is 0.225 e. The number of amides is 1. The minimum Gasteiger partial charge on any atom is -0.346 e. The molecule has 8 heteroatoms. The van der Waals surface area contributed by atoms with Gasteiger partial charge >= 0.3 is 0 Å². The summed E-state index contributed by atoms with van der Waals surface area (Å²) in [4.78, 5) is 18.7. The number of hydrogen-bond acceptors (Lipinski definition) is 5. The first kappa shape index (κ1) is 23.0. The van der Waals surface area contributed by atoms with E-state index in [1.165, 1.54) is 0 Å². The van der Waals surface area contributed by atoms with E-state index in [1.54, 1.807) is 23.5 Å². The summed E-state index contributed by atoms with van der Waals surface area (Å²) in [5.41, 5.74) is 2.92. The Morgan fingerprint density at radius 2 is 1.71 bits per heavy atom. The van der Waals surface area contributed by atoms with Gasteiger partial charge in [-0.2, -0.15) is 0 Å². The first-order chi connectivity index (χ1) is 14.6. The molecule has 31 heavy (non-hydrogen) atoms. The molecule has 0 aliphatic carbocycles. The van der Waals surface area contributed by atoms with E-state index < -0.39 is 16.3 Å². The Kier molecular flexibility index (Phi) is 7.12. The summed E-state index contributed by atoms with van der Waals surface area (Å²) < 4.78 is 24.1. The van der Waals surface area contributed by atoms with Crippen LogP contribution < -0.4 is 10.0 Å². The molecule has 164 valence electrons. The lowest BCUT2D eigenvalue weighted by molar-refractivity contribution is -0.129. The molecule has 3 rings (SSSR count). The number of benzene rings is 2. The van der Waals surface area contributed by atoms with Crippen molar-refractivity contribution in [1.29, 1.82) is 0 Å². The maximum Gasteiger partial charge on any atom is 0.225 e. The monoisotopic (exact) mass is 457 g/mol. The van der Waals surface area contributed by atoms with Crippen LogP contribution in [0.3, 0.4) is 0 Å². The topological polar surface area (TPSA) is 88.2 Å². The molecule has 0 fully saturated rings. The van der Waals surface area contributed by atoms with Crippen LogP contribution in [0.4, 0.5) is 5.69 Å². The molecule has 0 spiro atoms. The summed E-state index contributed by atoms with van der Waals surface area (Å²) in [6, 6.07) is 16.9. The summed E-state index contributed by atoms with van der Waals surface area (Å²) in [5.74, 6) is -0.0479. The number of nitrogens with zero attached hydrogens (tertiary/aromatic N) is 1. The van der Waals surface area contributed by atoms with Crippen LogP contribution in [0.1, 0.15) is 42.3 Å².